The van der Waals surface area contributed by atoms with Crippen molar-refractivity contribution in [1.82, 2.24) is 9.35 Å². The first-order chi connectivity index (χ1) is 14.9. The van der Waals surface area contributed by atoms with Crippen molar-refractivity contribution in [1.29, 1.82) is 0 Å². The largest absolute Gasteiger partial charge is 0.324 e. The minimum absolute atomic E-state index is 0.263. The molecule has 0 heterocycles. The van der Waals surface area contributed by atoms with Crippen LogP contribution in [0, 0.1) is 0 Å². The molecule has 0 aliphatic heterocycles. The summed E-state index contributed by atoms with van der Waals surface area (Å²) in [5, 5.41) is 10.1. The van der Waals surface area contributed by atoms with E-state index < -0.39 is 17.9 Å². The monoisotopic (exact) mass is 450 g/mol. The average Bonchev–Trinajstić information content (AvgIpc) is 2.75. The van der Waals surface area contributed by atoms with Gasteiger partial charge in [-0.05, 0) is 11.1 Å². The maximum Gasteiger partial charge on any atom is 0.157 e. The van der Waals surface area contributed by atoms with Crippen molar-refractivity contribution in [3.8, 4) is 0 Å². The number of carbonyl (C=O) groups excluding carboxylic acids is 1. The van der Waals surface area contributed by atoms with E-state index >= 15 is 0 Å². The third-order valence-corrected chi connectivity index (χ3v) is 8.38. The summed E-state index contributed by atoms with van der Waals surface area (Å²) in [5.74, 6) is 0.263. The van der Waals surface area contributed by atoms with Gasteiger partial charge in [0.15, 0.2) is 17.9 Å². The summed E-state index contributed by atoms with van der Waals surface area (Å²) >= 11 is 0. The summed E-state index contributed by atoms with van der Waals surface area (Å²) in [7, 11) is -2.39. The Labute approximate surface area is 189 Å². The molecular formula is C24H34N4OSi2. The van der Waals surface area contributed by atoms with Crippen molar-refractivity contribution in [2.45, 2.75) is 58.5 Å². The topological polar surface area (TPSA) is 48.3 Å². The Morgan fingerprint density at radius 2 is 1.16 bits per heavy atom. The number of rotatable bonds is 8. The lowest BCUT2D eigenvalue weighted by molar-refractivity contribution is -0.117. The van der Waals surface area contributed by atoms with Gasteiger partial charge in [-0.1, -0.05) is 86.9 Å². The van der Waals surface area contributed by atoms with Crippen LogP contribution in [0.3, 0.4) is 0 Å². The van der Waals surface area contributed by atoms with Crippen LogP contribution >= 0.6 is 0 Å². The van der Waals surface area contributed by atoms with Gasteiger partial charge in [0, 0.05) is 12.8 Å². The second-order valence-corrected chi connectivity index (χ2v) is 14.2. The van der Waals surface area contributed by atoms with Gasteiger partial charge in [-0.15, -0.1) is 0 Å². The highest BCUT2D eigenvalue weighted by Crippen LogP contribution is 2.17. The van der Waals surface area contributed by atoms with Gasteiger partial charge in [0.2, 0.25) is 0 Å². The van der Waals surface area contributed by atoms with Crippen LogP contribution in [-0.2, 0) is 17.9 Å². The molecule has 1 aliphatic carbocycles. The molecule has 7 heteroatoms. The summed E-state index contributed by atoms with van der Waals surface area (Å²) in [5.41, 5.74) is 4.36. The van der Waals surface area contributed by atoms with Crippen molar-refractivity contribution in [3.05, 3.63) is 71.8 Å². The van der Waals surface area contributed by atoms with Crippen molar-refractivity contribution >= 4 is 35.1 Å². The molecule has 1 aliphatic rings. The number of carbonyl (C=O) groups is 1. The maximum atomic E-state index is 12.3. The lowest BCUT2D eigenvalue weighted by Gasteiger charge is -2.28. The molecule has 2 aromatic carbocycles. The summed E-state index contributed by atoms with van der Waals surface area (Å²) in [6.45, 7) is 10.7. The highest BCUT2D eigenvalue weighted by atomic mass is 28.3. The van der Waals surface area contributed by atoms with Gasteiger partial charge in [-0.3, -0.25) is 4.79 Å². The van der Waals surface area contributed by atoms with E-state index in [0.717, 1.165) is 24.5 Å². The molecule has 3 rings (SSSR count). The van der Waals surface area contributed by atoms with E-state index in [0.29, 0.717) is 19.3 Å². The molecule has 1 fully saturated rings. The molecule has 0 saturated heterocycles. The molecular weight excluding hydrogens is 416 g/mol. The normalized spacial score (nSPS) is 17.0. The van der Waals surface area contributed by atoms with Gasteiger partial charge in [0.1, 0.15) is 5.78 Å². The Kier molecular flexibility index (Phi) is 8.37. The first-order valence-corrected chi connectivity index (χ1v) is 16.9. The summed E-state index contributed by atoms with van der Waals surface area (Å²) < 4.78 is 4.47. The van der Waals surface area contributed by atoms with Gasteiger partial charge in [0.05, 0.1) is 30.9 Å². The van der Waals surface area contributed by atoms with Crippen LogP contribution in [0.2, 0.25) is 26.2 Å². The zero-order valence-electron chi connectivity index (χ0n) is 19.2. The number of ketones is 1. The lowest BCUT2D eigenvalue weighted by atomic mass is 9.95. The number of hydrazone groups is 2. The van der Waals surface area contributed by atoms with Crippen molar-refractivity contribution in [3.63, 3.8) is 0 Å². The summed E-state index contributed by atoms with van der Waals surface area (Å²) in [4.78, 5) is 12.3. The van der Waals surface area contributed by atoms with Crippen LogP contribution in [-0.4, -0.2) is 44.5 Å². The van der Waals surface area contributed by atoms with Crippen LogP contribution in [0.25, 0.3) is 0 Å². The van der Waals surface area contributed by atoms with Crippen LogP contribution in [0.1, 0.15) is 30.4 Å². The molecule has 0 N–H and O–H groups in total. The number of Topliss-reactive ketones (excluding diaryl/α,β-unsaturated/α-hetero) is 1. The van der Waals surface area contributed by atoms with E-state index in [1.54, 1.807) is 0 Å². The predicted octanol–water partition coefficient (Wildman–Crippen LogP) is 4.42. The Balaban J connectivity index is 1.88. The highest BCUT2D eigenvalue weighted by Gasteiger charge is 2.24. The van der Waals surface area contributed by atoms with E-state index in [2.05, 4.69) is 84.1 Å². The number of nitrogens with zero attached hydrogens (tertiary/aromatic N) is 4. The fourth-order valence-corrected chi connectivity index (χ4v) is 5.39. The summed E-state index contributed by atoms with van der Waals surface area (Å²) in [6, 6.07) is 20.9. The molecule has 164 valence electrons. The third-order valence-electron chi connectivity index (χ3n) is 5.40. The highest BCUT2D eigenvalue weighted by molar-refractivity contribution is 6.54. The molecule has 5 nitrogen and oxygen atoms in total. The first-order valence-electron chi connectivity index (χ1n) is 11.2. The average molecular weight is 451 g/mol. The first kappa shape index (κ1) is 23.2. The van der Waals surface area contributed by atoms with Crippen LogP contribution < -0.4 is 0 Å². The number of benzene rings is 2. The van der Waals surface area contributed by atoms with Crippen molar-refractivity contribution in [2.75, 3.05) is 0 Å². The zero-order valence-corrected chi connectivity index (χ0v) is 21.5. The fourth-order valence-electron chi connectivity index (χ4n) is 3.50. The maximum absolute atomic E-state index is 12.3. The zero-order chi connectivity index (χ0) is 22.2. The molecule has 0 amide bonds. The van der Waals surface area contributed by atoms with Gasteiger partial charge in [-0.25, -0.2) is 0 Å². The predicted molar refractivity (Wildman–Crippen MR) is 135 cm³/mol. The molecule has 31 heavy (non-hydrogen) atoms. The third kappa shape index (κ3) is 7.00. The molecule has 0 atom stereocenters. The standard InChI is InChI=1S/C24H34N4OSi2/c1-30(2)27(18-20-11-7-5-8-12-20)25-23-16-15-22(29)17-24(23)26-28(31(3)4)19-21-13-9-6-10-14-21/h5-14,30-31H,15-19H2,1-4H3. The Morgan fingerprint density at radius 3 is 1.61 bits per heavy atom. The molecule has 1 saturated carbocycles. The van der Waals surface area contributed by atoms with Crippen LogP contribution in [0.15, 0.2) is 70.9 Å². The quantitative estimate of drug-likeness (QED) is 0.442. The van der Waals surface area contributed by atoms with E-state index in [1.807, 2.05) is 12.1 Å². The van der Waals surface area contributed by atoms with Crippen molar-refractivity contribution in [2.24, 2.45) is 10.2 Å². The number of hydrogen-bond donors (Lipinski definition) is 0. The smallest absolute Gasteiger partial charge is 0.157 e. The van der Waals surface area contributed by atoms with E-state index in [-0.39, 0.29) is 5.78 Å². The van der Waals surface area contributed by atoms with Gasteiger partial charge < -0.3 is 9.35 Å². The Hall–Kier alpha value is -2.52. The van der Waals surface area contributed by atoms with E-state index in [1.165, 1.54) is 11.1 Å². The van der Waals surface area contributed by atoms with Crippen molar-refractivity contribution < 1.29 is 4.79 Å². The fraction of sp³-hybridized carbons (Fsp3) is 0.375. The lowest BCUT2D eigenvalue weighted by Crippen LogP contribution is -2.37. The minimum atomic E-state index is -1.21. The minimum Gasteiger partial charge on any atom is -0.324 e. The molecule has 0 aromatic heterocycles. The Morgan fingerprint density at radius 1 is 0.710 bits per heavy atom. The molecule has 0 radical (unpaired) electrons. The SMILES string of the molecule is C[SiH](C)N(Cc1ccccc1)N=C1CCC(=O)CC1=NN(Cc1ccccc1)[SiH](C)C. The number of hydrogen-bond acceptors (Lipinski definition) is 5. The Bertz CT molecular complexity index is 914. The van der Waals surface area contributed by atoms with Gasteiger partial charge in [0.25, 0.3) is 0 Å². The van der Waals surface area contributed by atoms with Crippen LogP contribution in [0.5, 0.6) is 0 Å². The van der Waals surface area contributed by atoms with E-state index in [4.69, 9.17) is 10.2 Å². The van der Waals surface area contributed by atoms with Crippen LogP contribution in [0.4, 0.5) is 0 Å². The second-order valence-electron chi connectivity index (χ2n) is 8.66. The van der Waals surface area contributed by atoms with E-state index in [9.17, 15) is 4.79 Å². The molecule has 2 aromatic rings. The summed E-state index contributed by atoms with van der Waals surface area (Å²) in [6.07, 6.45) is 1.64. The second kappa shape index (κ2) is 11.2. The molecule has 0 spiro atoms. The molecule has 0 bridgehead atoms. The van der Waals surface area contributed by atoms with Gasteiger partial charge in [-0.2, -0.15) is 10.2 Å². The molecule has 0 unspecified atom stereocenters. The van der Waals surface area contributed by atoms with Gasteiger partial charge >= 0.3 is 0 Å².